The molecule has 6 heteroatoms. The Hall–Kier alpha value is -2.63. The number of methoxy groups -OCH3 is 1. The minimum Gasteiger partial charge on any atom is -0.497 e. The molecule has 6 nitrogen and oxygen atoms in total. The van der Waals surface area contributed by atoms with Gasteiger partial charge in [-0.2, -0.15) is 5.10 Å². The monoisotopic (exact) mass is 363 g/mol. The fraction of sp³-hybridized carbons (Fsp3) is 0.476. The molecular weight excluding hydrogens is 338 g/mol. The van der Waals surface area contributed by atoms with Crippen LogP contribution in [-0.4, -0.2) is 39.9 Å². The van der Waals surface area contributed by atoms with Crippen molar-refractivity contribution < 1.29 is 4.74 Å². The molecule has 0 radical (unpaired) electrons. The fourth-order valence-corrected chi connectivity index (χ4v) is 3.81. The van der Waals surface area contributed by atoms with Gasteiger partial charge in [0, 0.05) is 19.0 Å². The molecule has 1 aliphatic carbocycles. The number of benzene rings is 1. The molecule has 1 saturated heterocycles. The molecule has 0 atom stereocenters. The summed E-state index contributed by atoms with van der Waals surface area (Å²) in [5, 5.41) is 5.71. The van der Waals surface area contributed by atoms with Gasteiger partial charge in [-0.15, -0.1) is 0 Å². The second-order valence-electron chi connectivity index (χ2n) is 7.84. The molecule has 0 N–H and O–H groups in total. The second-order valence-corrected chi connectivity index (χ2v) is 7.84. The summed E-state index contributed by atoms with van der Waals surface area (Å²) < 4.78 is 7.21. The van der Waals surface area contributed by atoms with Crippen molar-refractivity contribution in [2.24, 2.45) is 5.92 Å². The summed E-state index contributed by atoms with van der Waals surface area (Å²) in [5.74, 6) is 4.19. The Morgan fingerprint density at radius 1 is 1.00 bits per heavy atom. The Labute approximate surface area is 159 Å². The lowest BCUT2D eigenvalue weighted by Gasteiger charge is -2.31. The van der Waals surface area contributed by atoms with Gasteiger partial charge in [0.15, 0.2) is 5.65 Å². The third-order valence-electron chi connectivity index (χ3n) is 5.77. The number of aromatic nitrogens is 4. The number of hydrogen-bond donors (Lipinski definition) is 0. The summed E-state index contributed by atoms with van der Waals surface area (Å²) in [6.45, 7) is 4.46. The first kappa shape index (κ1) is 16.5. The highest BCUT2D eigenvalue weighted by atomic mass is 16.5. The van der Waals surface area contributed by atoms with Crippen LogP contribution < -0.4 is 9.64 Å². The zero-order valence-corrected chi connectivity index (χ0v) is 15.9. The van der Waals surface area contributed by atoms with Crippen LogP contribution in [0.15, 0.2) is 30.5 Å². The lowest BCUT2D eigenvalue weighted by Crippen LogP contribution is -2.33. The summed E-state index contributed by atoms with van der Waals surface area (Å²) in [6.07, 6.45) is 6.74. The van der Waals surface area contributed by atoms with Crippen molar-refractivity contribution in [1.29, 1.82) is 0 Å². The predicted octanol–water partition coefficient (Wildman–Crippen LogP) is 3.94. The van der Waals surface area contributed by atoms with Gasteiger partial charge in [-0.1, -0.05) is 6.92 Å². The molecule has 0 spiro atoms. The van der Waals surface area contributed by atoms with Gasteiger partial charge in [0.25, 0.3) is 0 Å². The Morgan fingerprint density at radius 3 is 2.41 bits per heavy atom. The number of rotatable bonds is 4. The van der Waals surface area contributed by atoms with Gasteiger partial charge in [-0.25, -0.2) is 14.6 Å². The van der Waals surface area contributed by atoms with E-state index in [4.69, 9.17) is 14.7 Å². The molecule has 2 fully saturated rings. The Bertz CT molecular complexity index is 953. The molecule has 140 valence electrons. The summed E-state index contributed by atoms with van der Waals surface area (Å²) in [7, 11) is 1.68. The molecule has 2 aromatic heterocycles. The van der Waals surface area contributed by atoms with E-state index in [1.54, 1.807) is 7.11 Å². The first-order valence-electron chi connectivity index (χ1n) is 9.88. The average molecular weight is 363 g/mol. The highest BCUT2D eigenvalue weighted by molar-refractivity contribution is 5.88. The molecule has 3 heterocycles. The van der Waals surface area contributed by atoms with Gasteiger partial charge in [0.05, 0.1) is 24.4 Å². The first-order chi connectivity index (χ1) is 13.2. The van der Waals surface area contributed by atoms with Crippen molar-refractivity contribution in [2.75, 3.05) is 25.1 Å². The smallest absolute Gasteiger partial charge is 0.168 e. The van der Waals surface area contributed by atoms with E-state index in [0.717, 1.165) is 53.1 Å². The highest BCUT2D eigenvalue weighted by Gasteiger charge is 2.30. The van der Waals surface area contributed by atoms with Gasteiger partial charge in [0.2, 0.25) is 0 Å². The molecule has 2 aliphatic rings. The standard InChI is InChI=1S/C21H25N5O/c1-14-9-11-25(12-10-14)20-18-13-22-26(16-5-7-17(27-2)8-6-16)21(18)24-19(23-20)15-3-4-15/h5-8,13-15H,3-4,9-12H2,1-2H3. The second kappa shape index (κ2) is 6.51. The van der Waals surface area contributed by atoms with E-state index in [1.807, 2.05) is 35.1 Å². The maximum atomic E-state index is 5.28. The van der Waals surface area contributed by atoms with Crippen LogP contribution in [0.4, 0.5) is 5.82 Å². The van der Waals surface area contributed by atoms with E-state index in [9.17, 15) is 0 Å². The largest absolute Gasteiger partial charge is 0.497 e. The van der Waals surface area contributed by atoms with E-state index in [1.165, 1.54) is 25.7 Å². The lowest BCUT2D eigenvalue weighted by atomic mass is 9.99. The fourth-order valence-electron chi connectivity index (χ4n) is 3.81. The first-order valence-corrected chi connectivity index (χ1v) is 9.88. The molecular formula is C21H25N5O. The Kier molecular flexibility index (Phi) is 3.99. The topological polar surface area (TPSA) is 56.1 Å². The van der Waals surface area contributed by atoms with Gasteiger partial charge in [-0.3, -0.25) is 0 Å². The van der Waals surface area contributed by atoms with E-state index in [2.05, 4.69) is 16.9 Å². The molecule has 27 heavy (non-hydrogen) atoms. The van der Waals surface area contributed by atoms with Crippen molar-refractivity contribution in [3.8, 4) is 11.4 Å². The lowest BCUT2D eigenvalue weighted by molar-refractivity contribution is 0.414. The summed E-state index contributed by atoms with van der Waals surface area (Å²) in [5.41, 5.74) is 1.90. The average Bonchev–Trinajstić information content (AvgIpc) is 3.47. The van der Waals surface area contributed by atoms with Crippen LogP contribution in [0, 0.1) is 5.92 Å². The van der Waals surface area contributed by atoms with Crippen molar-refractivity contribution in [3.63, 3.8) is 0 Å². The Morgan fingerprint density at radius 2 is 1.74 bits per heavy atom. The van der Waals surface area contributed by atoms with Crippen LogP contribution in [0.3, 0.4) is 0 Å². The van der Waals surface area contributed by atoms with Crippen LogP contribution in [0.5, 0.6) is 5.75 Å². The van der Waals surface area contributed by atoms with Crippen LogP contribution in [0.25, 0.3) is 16.7 Å². The summed E-state index contributed by atoms with van der Waals surface area (Å²) in [6, 6.07) is 7.95. The Balaban J connectivity index is 1.61. The molecule has 1 saturated carbocycles. The molecule has 0 unspecified atom stereocenters. The third-order valence-corrected chi connectivity index (χ3v) is 5.77. The van der Waals surface area contributed by atoms with Crippen molar-refractivity contribution >= 4 is 16.9 Å². The predicted molar refractivity (Wildman–Crippen MR) is 106 cm³/mol. The van der Waals surface area contributed by atoms with Gasteiger partial charge >= 0.3 is 0 Å². The van der Waals surface area contributed by atoms with Crippen molar-refractivity contribution in [1.82, 2.24) is 19.7 Å². The van der Waals surface area contributed by atoms with Gasteiger partial charge in [-0.05, 0) is 55.9 Å². The molecule has 3 aromatic rings. The minimum absolute atomic E-state index is 0.510. The number of fused-ring (bicyclic) bond motifs is 1. The van der Waals surface area contributed by atoms with E-state index in [-0.39, 0.29) is 0 Å². The van der Waals surface area contributed by atoms with Crippen molar-refractivity contribution in [2.45, 2.75) is 38.5 Å². The molecule has 5 rings (SSSR count). The zero-order valence-electron chi connectivity index (χ0n) is 15.9. The van der Waals surface area contributed by atoms with Gasteiger partial charge < -0.3 is 9.64 Å². The minimum atomic E-state index is 0.510. The van der Waals surface area contributed by atoms with Crippen LogP contribution in [-0.2, 0) is 0 Å². The summed E-state index contributed by atoms with van der Waals surface area (Å²) >= 11 is 0. The van der Waals surface area contributed by atoms with Gasteiger partial charge in [0.1, 0.15) is 17.4 Å². The highest BCUT2D eigenvalue weighted by Crippen LogP contribution is 2.40. The number of anilines is 1. The van der Waals surface area contributed by atoms with Crippen LogP contribution in [0.1, 0.15) is 44.3 Å². The normalized spacial score (nSPS) is 18.2. The number of piperidine rings is 1. The van der Waals surface area contributed by atoms with Crippen molar-refractivity contribution in [3.05, 3.63) is 36.3 Å². The quantitative estimate of drug-likeness (QED) is 0.703. The number of nitrogens with zero attached hydrogens (tertiary/aromatic N) is 5. The molecule has 1 aromatic carbocycles. The zero-order chi connectivity index (χ0) is 18.4. The molecule has 1 aliphatic heterocycles. The third kappa shape index (κ3) is 3.03. The maximum Gasteiger partial charge on any atom is 0.168 e. The van der Waals surface area contributed by atoms with E-state index in [0.29, 0.717) is 5.92 Å². The molecule has 0 amide bonds. The number of hydrogen-bond acceptors (Lipinski definition) is 5. The number of ether oxygens (including phenoxy) is 1. The summed E-state index contributed by atoms with van der Waals surface area (Å²) in [4.78, 5) is 12.3. The van der Waals surface area contributed by atoms with Crippen LogP contribution >= 0.6 is 0 Å². The van der Waals surface area contributed by atoms with E-state index < -0.39 is 0 Å². The maximum absolute atomic E-state index is 5.28. The van der Waals surface area contributed by atoms with E-state index >= 15 is 0 Å². The van der Waals surface area contributed by atoms with Crippen LogP contribution in [0.2, 0.25) is 0 Å². The SMILES string of the molecule is COc1ccc(-n2ncc3c(N4CCC(C)CC4)nc(C4CC4)nc32)cc1. The molecule has 0 bridgehead atoms.